The Morgan fingerprint density at radius 3 is 2.11 bits per heavy atom. The van der Waals surface area contributed by atoms with Crippen molar-refractivity contribution in [2.45, 2.75) is 0 Å². The number of pyridine rings is 1. The van der Waals surface area contributed by atoms with Crippen molar-refractivity contribution in [1.29, 1.82) is 15.8 Å². The van der Waals surface area contributed by atoms with Crippen LogP contribution < -0.4 is 0 Å². The summed E-state index contributed by atoms with van der Waals surface area (Å²) >= 11 is 0. The molecule has 0 fully saturated rings. The van der Waals surface area contributed by atoms with E-state index in [0.717, 1.165) is 6.08 Å². The van der Waals surface area contributed by atoms with Crippen LogP contribution in [0.1, 0.15) is 22.3 Å². The number of phenols is 1. The number of allylic oxidation sites excluding steroid dienone is 5. The number of fused-ring (bicyclic) bond motifs is 4. The zero-order valence-electron chi connectivity index (χ0n) is 17.3. The first-order chi connectivity index (χ1) is 16.9. The number of benzene rings is 2. The second-order valence-corrected chi connectivity index (χ2v) is 7.52. The van der Waals surface area contributed by atoms with Crippen molar-refractivity contribution in [3.05, 3.63) is 99.3 Å². The molecule has 5 rings (SSSR count). The second-order valence-electron chi connectivity index (χ2n) is 7.52. The summed E-state index contributed by atoms with van der Waals surface area (Å²) in [6, 6.07) is 12.5. The highest BCUT2D eigenvalue weighted by Gasteiger charge is 2.42. The van der Waals surface area contributed by atoms with Gasteiger partial charge < -0.3 is 5.11 Å². The lowest BCUT2D eigenvalue weighted by Gasteiger charge is -2.12. The Morgan fingerprint density at radius 1 is 0.800 bits per heavy atom. The minimum absolute atomic E-state index is 0.166. The number of hydrogen-bond donors (Lipinski definition) is 1. The van der Waals surface area contributed by atoms with Gasteiger partial charge in [0.15, 0.2) is 23.3 Å². The van der Waals surface area contributed by atoms with E-state index in [2.05, 4.69) is 4.98 Å². The van der Waals surface area contributed by atoms with E-state index in [1.807, 2.05) is 0 Å². The van der Waals surface area contributed by atoms with Gasteiger partial charge in [-0.05, 0) is 17.7 Å². The maximum atomic E-state index is 15.1. The van der Waals surface area contributed by atoms with E-state index in [0.29, 0.717) is 16.8 Å². The predicted molar refractivity (Wildman–Crippen MR) is 115 cm³/mol. The number of phenolic OH excluding ortho intramolecular Hbond substituents is 1. The number of nitriles is 3. The topological polar surface area (TPSA) is 104 Å². The highest BCUT2D eigenvalue weighted by Crippen LogP contribution is 2.57. The van der Waals surface area contributed by atoms with Gasteiger partial charge in [-0.1, -0.05) is 18.2 Å². The summed E-state index contributed by atoms with van der Waals surface area (Å²) < 4.78 is 58.8. The monoisotopic (exact) mass is 468 g/mol. The average Bonchev–Trinajstić information content (AvgIpc) is 3.36. The number of aromatic hydroxyl groups is 1. The van der Waals surface area contributed by atoms with Crippen molar-refractivity contribution in [2.75, 3.05) is 0 Å². The Balaban J connectivity index is 2.10. The second kappa shape index (κ2) is 7.69. The molecule has 0 saturated carbocycles. The molecule has 2 aliphatic rings. The summed E-state index contributed by atoms with van der Waals surface area (Å²) in [6.45, 7) is 0. The molecule has 0 radical (unpaired) electrons. The molecule has 35 heavy (non-hydrogen) atoms. The molecule has 0 amide bonds. The van der Waals surface area contributed by atoms with Crippen LogP contribution in [0.15, 0.2) is 53.8 Å². The molecule has 3 aromatic rings. The molecule has 1 aromatic heterocycles. The molecule has 0 aliphatic heterocycles. The zero-order valence-corrected chi connectivity index (χ0v) is 17.3. The highest BCUT2D eigenvalue weighted by molar-refractivity contribution is 6.20. The fourth-order valence-electron chi connectivity index (χ4n) is 4.58. The van der Waals surface area contributed by atoms with Crippen LogP contribution in [0, 0.1) is 57.3 Å². The summed E-state index contributed by atoms with van der Waals surface area (Å²) in [6.07, 6.45) is 2.26. The first kappa shape index (κ1) is 21.6. The number of nitrogens with zero attached hydrogens (tertiary/aromatic N) is 4. The molecule has 166 valence electrons. The average molecular weight is 468 g/mol. The normalized spacial score (nSPS) is 16.3. The van der Waals surface area contributed by atoms with Crippen molar-refractivity contribution >= 4 is 16.7 Å². The maximum absolute atomic E-state index is 15.1. The summed E-state index contributed by atoms with van der Waals surface area (Å²) in [5.41, 5.74) is -1.95. The molecule has 0 atom stereocenters. The third-order valence-corrected chi connectivity index (χ3v) is 5.86. The van der Waals surface area contributed by atoms with Crippen LogP contribution in [0.5, 0.6) is 5.75 Å². The third kappa shape index (κ3) is 2.75. The number of rotatable bonds is 0. The molecule has 0 unspecified atom stereocenters. The Bertz CT molecular complexity index is 1710. The van der Waals surface area contributed by atoms with Crippen molar-refractivity contribution in [2.24, 2.45) is 0 Å². The van der Waals surface area contributed by atoms with E-state index in [9.17, 15) is 29.7 Å². The quantitative estimate of drug-likeness (QED) is 0.158. The Kier molecular flexibility index (Phi) is 4.75. The van der Waals surface area contributed by atoms with E-state index in [4.69, 9.17) is 0 Å². The number of hydrogen-bond acceptors (Lipinski definition) is 5. The smallest absolute Gasteiger partial charge is 0.198 e. The van der Waals surface area contributed by atoms with Crippen LogP contribution in [0.25, 0.3) is 28.0 Å². The lowest BCUT2D eigenvalue weighted by atomic mass is 9.89. The Hall–Kier alpha value is -5.20. The minimum Gasteiger partial charge on any atom is -0.507 e. The molecule has 1 N–H and O–H groups in total. The summed E-state index contributed by atoms with van der Waals surface area (Å²) in [5, 5.41) is 39.3. The standard InChI is InChI=1S/C26H8F4N4O/c27-22-20-13(6-7-31)19(16(11(9-32)10-33)21(20)23(28)25(30)24(22)29)17-12-3-1-5-15(35)18(12)26-14(17)4-2-8-34-26/h1-6,8,35H/b13-6-,19-17+. The molecule has 1 heterocycles. The Morgan fingerprint density at radius 2 is 1.46 bits per heavy atom. The SMILES string of the molecule is N#C/C=C1/C(=C2\c3cccnc3-c3c(O)cccc32)C(=C(C#N)C#N)c2c(F)c(F)c(F)c(F)c21. The molecule has 2 aromatic carbocycles. The first-order valence-corrected chi connectivity index (χ1v) is 9.91. The van der Waals surface area contributed by atoms with Crippen LogP contribution >= 0.6 is 0 Å². The van der Waals surface area contributed by atoms with Gasteiger partial charge >= 0.3 is 0 Å². The molecule has 2 aliphatic carbocycles. The molecule has 0 saturated heterocycles. The summed E-state index contributed by atoms with van der Waals surface area (Å²) in [7, 11) is 0. The molecule has 0 spiro atoms. The molecule has 0 bridgehead atoms. The van der Waals surface area contributed by atoms with Gasteiger partial charge in [0, 0.05) is 51.3 Å². The minimum atomic E-state index is -2.12. The first-order valence-electron chi connectivity index (χ1n) is 9.91. The fraction of sp³-hybridized carbons (Fsp3) is 0. The maximum Gasteiger partial charge on any atom is 0.198 e. The van der Waals surface area contributed by atoms with E-state index in [-0.39, 0.29) is 28.0 Å². The third-order valence-electron chi connectivity index (χ3n) is 5.86. The van der Waals surface area contributed by atoms with Crippen LogP contribution in [-0.4, -0.2) is 10.1 Å². The number of halogens is 4. The highest BCUT2D eigenvalue weighted by atomic mass is 19.2. The van der Waals surface area contributed by atoms with Crippen molar-refractivity contribution in [3.63, 3.8) is 0 Å². The van der Waals surface area contributed by atoms with Gasteiger partial charge in [-0.3, -0.25) is 4.98 Å². The van der Waals surface area contributed by atoms with Gasteiger partial charge in [0.2, 0.25) is 0 Å². The fourth-order valence-corrected chi connectivity index (χ4v) is 4.58. The van der Waals surface area contributed by atoms with Crippen molar-refractivity contribution in [1.82, 2.24) is 4.98 Å². The summed E-state index contributed by atoms with van der Waals surface area (Å²) in [4.78, 5) is 4.28. The van der Waals surface area contributed by atoms with Crippen LogP contribution in [0.4, 0.5) is 17.6 Å². The molecule has 9 heteroatoms. The van der Waals surface area contributed by atoms with E-state index in [1.54, 1.807) is 36.4 Å². The zero-order chi connectivity index (χ0) is 25.0. The van der Waals surface area contributed by atoms with Crippen LogP contribution in [-0.2, 0) is 0 Å². The predicted octanol–water partition coefficient (Wildman–Crippen LogP) is 5.55. The van der Waals surface area contributed by atoms with E-state index < -0.39 is 45.5 Å². The molecular formula is C26H8F4N4O. The van der Waals surface area contributed by atoms with Gasteiger partial charge in [-0.15, -0.1) is 0 Å². The summed E-state index contributed by atoms with van der Waals surface area (Å²) in [5.74, 6) is -7.97. The lowest BCUT2D eigenvalue weighted by molar-refractivity contribution is 0.407. The van der Waals surface area contributed by atoms with E-state index >= 15 is 8.78 Å². The van der Waals surface area contributed by atoms with E-state index in [1.165, 1.54) is 18.3 Å². The van der Waals surface area contributed by atoms with Gasteiger partial charge in [-0.25, -0.2) is 17.6 Å². The van der Waals surface area contributed by atoms with Crippen LogP contribution in [0.3, 0.4) is 0 Å². The number of aromatic nitrogens is 1. The lowest BCUT2D eigenvalue weighted by Crippen LogP contribution is -2.03. The largest absolute Gasteiger partial charge is 0.507 e. The van der Waals surface area contributed by atoms with Crippen LogP contribution in [0.2, 0.25) is 0 Å². The van der Waals surface area contributed by atoms with Crippen molar-refractivity contribution in [3.8, 4) is 35.2 Å². The van der Waals surface area contributed by atoms with Crippen molar-refractivity contribution < 1.29 is 22.7 Å². The van der Waals surface area contributed by atoms with Gasteiger partial charge in [0.25, 0.3) is 0 Å². The molecule has 5 nitrogen and oxygen atoms in total. The Labute approximate surface area is 195 Å². The van der Waals surface area contributed by atoms with Gasteiger partial charge in [0.05, 0.1) is 17.3 Å². The van der Waals surface area contributed by atoms with Gasteiger partial charge in [0.1, 0.15) is 23.5 Å². The molecular weight excluding hydrogens is 460 g/mol. The van der Waals surface area contributed by atoms with Gasteiger partial charge in [-0.2, -0.15) is 15.8 Å².